The molecule has 0 saturated carbocycles. The Labute approximate surface area is 165 Å². The van der Waals surface area contributed by atoms with Crippen LogP contribution in [0.15, 0.2) is 43.0 Å². The zero-order chi connectivity index (χ0) is 19.7. The minimum absolute atomic E-state index is 0.171. The number of ether oxygens (including phenoxy) is 2. The summed E-state index contributed by atoms with van der Waals surface area (Å²) >= 11 is 6.18. The molecule has 0 bridgehead atoms. The molecule has 9 heteroatoms. The first-order valence-electron chi connectivity index (χ1n) is 8.41. The van der Waals surface area contributed by atoms with Crippen molar-refractivity contribution in [1.29, 1.82) is 0 Å². The molecule has 2 N–H and O–H groups in total. The van der Waals surface area contributed by atoms with E-state index in [1.54, 1.807) is 37.3 Å². The number of hydrogen-bond donors (Lipinski definition) is 1. The van der Waals surface area contributed by atoms with Crippen molar-refractivity contribution in [1.82, 2.24) is 24.7 Å². The van der Waals surface area contributed by atoms with Crippen LogP contribution in [0.25, 0.3) is 22.0 Å². The first-order chi connectivity index (χ1) is 13.6. The van der Waals surface area contributed by atoms with Gasteiger partial charge in [0, 0.05) is 18.1 Å². The van der Waals surface area contributed by atoms with Crippen LogP contribution in [0.1, 0.15) is 5.82 Å². The Morgan fingerprint density at radius 2 is 2.00 bits per heavy atom. The molecule has 0 fully saturated rings. The van der Waals surface area contributed by atoms with E-state index in [4.69, 9.17) is 26.8 Å². The molecule has 0 spiro atoms. The topological polar surface area (TPSA) is 101 Å². The van der Waals surface area contributed by atoms with Crippen molar-refractivity contribution in [2.45, 2.75) is 6.61 Å². The van der Waals surface area contributed by atoms with Gasteiger partial charge >= 0.3 is 0 Å². The molecule has 8 nitrogen and oxygen atoms in total. The van der Waals surface area contributed by atoms with Crippen molar-refractivity contribution in [2.75, 3.05) is 12.8 Å². The fourth-order valence-electron chi connectivity index (χ4n) is 3.00. The molecule has 0 aliphatic heterocycles. The Morgan fingerprint density at radius 3 is 2.71 bits per heavy atom. The normalized spacial score (nSPS) is 11.0. The van der Waals surface area contributed by atoms with Crippen LogP contribution in [-0.2, 0) is 13.7 Å². The van der Waals surface area contributed by atoms with Crippen LogP contribution in [0.4, 0.5) is 5.82 Å². The number of fused-ring (bicyclic) bond motifs is 1. The highest BCUT2D eigenvalue weighted by atomic mass is 35.5. The number of rotatable bonds is 5. The second-order valence-corrected chi connectivity index (χ2v) is 6.50. The molecule has 142 valence electrons. The highest BCUT2D eigenvalue weighted by Crippen LogP contribution is 2.43. The Hall–Kier alpha value is -3.39. The van der Waals surface area contributed by atoms with E-state index in [0.29, 0.717) is 39.1 Å². The number of nitrogens with zero attached hydrogens (tertiary/aromatic N) is 5. The Bertz CT molecular complexity index is 1160. The molecule has 0 aliphatic carbocycles. The van der Waals surface area contributed by atoms with E-state index in [2.05, 4.69) is 20.1 Å². The quantitative estimate of drug-likeness (QED) is 0.552. The molecule has 0 atom stereocenters. The zero-order valence-corrected chi connectivity index (χ0v) is 16.0. The van der Waals surface area contributed by atoms with Crippen LogP contribution in [0.2, 0.25) is 5.02 Å². The van der Waals surface area contributed by atoms with Gasteiger partial charge in [-0.25, -0.2) is 15.0 Å². The number of nitrogen functional groups attached to an aromatic ring is 1. The number of methoxy groups -OCH3 is 1. The van der Waals surface area contributed by atoms with Gasteiger partial charge in [0.05, 0.1) is 23.6 Å². The summed E-state index contributed by atoms with van der Waals surface area (Å²) < 4.78 is 13.2. The number of aryl methyl sites for hydroxylation is 1. The fraction of sp³-hybridized carbons (Fsp3) is 0.158. The molecule has 4 aromatic rings. The predicted molar refractivity (Wildman–Crippen MR) is 106 cm³/mol. The molecule has 2 aromatic heterocycles. The summed E-state index contributed by atoms with van der Waals surface area (Å²) in [6.45, 7) is 0.171. The van der Waals surface area contributed by atoms with Crippen LogP contribution < -0.4 is 15.2 Å². The van der Waals surface area contributed by atoms with Gasteiger partial charge in [0.1, 0.15) is 36.6 Å². The van der Waals surface area contributed by atoms with E-state index in [1.807, 2.05) is 18.2 Å². The van der Waals surface area contributed by atoms with Gasteiger partial charge in [0.2, 0.25) is 0 Å². The first-order valence-corrected chi connectivity index (χ1v) is 8.79. The van der Waals surface area contributed by atoms with E-state index in [9.17, 15) is 0 Å². The van der Waals surface area contributed by atoms with Gasteiger partial charge < -0.3 is 15.2 Å². The summed E-state index contributed by atoms with van der Waals surface area (Å²) in [4.78, 5) is 12.7. The first kappa shape index (κ1) is 18.0. The van der Waals surface area contributed by atoms with Crippen LogP contribution in [-0.4, -0.2) is 31.8 Å². The van der Waals surface area contributed by atoms with Crippen molar-refractivity contribution in [3.05, 3.63) is 53.8 Å². The van der Waals surface area contributed by atoms with Gasteiger partial charge in [0.15, 0.2) is 5.82 Å². The molecule has 2 heterocycles. The van der Waals surface area contributed by atoms with Crippen molar-refractivity contribution in [3.63, 3.8) is 0 Å². The average Bonchev–Trinajstić information content (AvgIpc) is 3.10. The smallest absolute Gasteiger partial charge is 0.188 e. The van der Waals surface area contributed by atoms with Crippen LogP contribution >= 0.6 is 11.6 Å². The highest BCUT2D eigenvalue weighted by molar-refractivity contribution is 6.31. The molecule has 0 amide bonds. The minimum atomic E-state index is 0.171. The monoisotopic (exact) mass is 396 g/mol. The van der Waals surface area contributed by atoms with E-state index >= 15 is 0 Å². The summed E-state index contributed by atoms with van der Waals surface area (Å²) in [7, 11) is 3.38. The van der Waals surface area contributed by atoms with Gasteiger partial charge in [0.25, 0.3) is 0 Å². The summed E-state index contributed by atoms with van der Waals surface area (Å²) in [5.74, 6) is 1.92. The third-order valence-electron chi connectivity index (χ3n) is 4.21. The number of aromatic nitrogens is 5. The van der Waals surface area contributed by atoms with Crippen molar-refractivity contribution in [2.24, 2.45) is 7.05 Å². The summed E-state index contributed by atoms with van der Waals surface area (Å²) in [6.07, 6.45) is 3.02. The zero-order valence-electron chi connectivity index (χ0n) is 15.3. The lowest BCUT2D eigenvalue weighted by Crippen LogP contribution is -2.03. The van der Waals surface area contributed by atoms with Crippen molar-refractivity contribution >= 4 is 28.3 Å². The van der Waals surface area contributed by atoms with Crippen LogP contribution in [0.3, 0.4) is 0 Å². The highest BCUT2D eigenvalue weighted by Gasteiger charge is 2.20. The molecule has 28 heavy (non-hydrogen) atoms. The van der Waals surface area contributed by atoms with Crippen molar-refractivity contribution < 1.29 is 9.47 Å². The van der Waals surface area contributed by atoms with Crippen molar-refractivity contribution in [3.8, 4) is 22.6 Å². The molecule has 0 saturated heterocycles. The maximum Gasteiger partial charge on any atom is 0.188 e. The summed E-state index contributed by atoms with van der Waals surface area (Å²) in [6, 6.07) is 9.21. The number of hydrogen-bond acceptors (Lipinski definition) is 7. The van der Waals surface area contributed by atoms with Gasteiger partial charge in [-0.1, -0.05) is 23.7 Å². The van der Waals surface area contributed by atoms with Crippen LogP contribution in [0.5, 0.6) is 11.5 Å². The molecular formula is C19H17ClN6O2. The van der Waals surface area contributed by atoms with Gasteiger partial charge in [-0.15, -0.1) is 0 Å². The molecule has 0 unspecified atom stereocenters. The fourth-order valence-corrected chi connectivity index (χ4v) is 3.19. The van der Waals surface area contributed by atoms with Gasteiger partial charge in [-0.2, -0.15) is 5.10 Å². The summed E-state index contributed by atoms with van der Waals surface area (Å²) in [5, 5.41) is 5.42. The Balaban J connectivity index is 1.89. The van der Waals surface area contributed by atoms with Crippen LogP contribution in [0, 0.1) is 0 Å². The molecule has 4 rings (SSSR count). The summed E-state index contributed by atoms with van der Waals surface area (Å²) in [5.41, 5.74) is 8.39. The largest absolute Gasteiger partial charge is 0.496 e. The number of nitrogens with two attached hydrogens (primary N) is 1. The Morgan fingerprint density at radius 1 is 1.14 bits per heavy atom. The SMILES string of the molecule is COc1cc(OCc2ncn(C)n2)c2c(N)ncnc2c1-c1cccc(Cl)c1. The molecule has 0 aliphatic rings. The minimum Gasteiger partial charge on any atom is -0.496 e. The maximum atomic E-state index is 6.18. The maximum absolute atomic E-state index is 6.18. The van der Waals surface area contributed by atoms with E-state index in [-0.39, 0.29) is 6.61 Å². The lowest BCUT2D eigenvalue weighted by atomic mass is 10.00. The number of anilines is 1. The second kappa shape index (κ2) is 7.32. The molecule has 2 aromatic carbocycles. The molecule has 0 radical (unpaired) electrons. The number of halogens is 1. The predicted octanol–water partition coefficient (Wildman–Crippen LogP) is 3.25. The lowest BCUT2D eigenvalue weighted by molar-refractivity contribution is 0.297. The van der Waals surface area contributed by atoms with E-state index in [1.165, 1.54) is 6.33 Å². The average molecular weight is 397 g/mol. The van der Waals surface area contributed by atoms with E-state index in [0.717, 1.165) is 11.1 Å². The van der Waals surface area contributed by atoms with Gasteiger partial charge in [-0.05, 0) is 17.7 Å². The number of benzene rings is 2. The lowest BCUT2D eigenvalue weighted by Gasteiger charge is -2.16. The molecular weight excluding hydrogens is 380 g/mol. The third kappa shape index (κ3) is 3.29. The Kier molecular flexibility index (Phi) is 4.70. The third-order valence-corrected chi connectivity index (χ3v) is 4.44. The standard InChI is InChI=1S/C19H17ClN6O2/c1-26-10-24-15(25-26)8-28-14-7-13(27-2)16(11-4-3-5-12(20)6-11)18-17(14)19(21)23-9-22-18/h3-7,9-10H,8H2,1-2H3,(H2,21,22,23). The van der Waals surface area contributed by atoms with E-state index < -0.39 is 0 Å². The van der Waals surface area contributed by atoms with Gasteiger partial charge in [-0.3, -0.25) is 4.68 Å². The second-order valence-electron chi connectivity index (χ2n) is 6.07.